The number of sulfonamides is 1. The Morgan fingerprint density at radius 1 is 1.40 bits per heavy atom. The molecule has 1 aliphatic rings. The zero-order chi connectivity index (χ0) is 14.9. The maximum atomic E-state index is 12.7. The first kappa shape index (κ1) is 15.8. The van der Waals surface area contributed by atoms with Crippen molar-refractivity contribution in [3.05, 3.63) is 28.8 Å². The lowest BCUT2D eigenvalue weighted by molar-refractivity contribution is 0.220. The van der Waals surface area contributed by atoms with E-state index in [4.69, 9.17) is 17.3 Å². The quantitative estimate of drug-likeness (QED) is 0.932. The summed E-state index contributed by atoms with van der Waals surface area (Å²) >= 11 is 6.07. The second-order valence-electron chi connectivity index (χ2n) is 5.55. The van der Waals surface area contributed by atoms with Crippen LogP contribution in [0.1, 0.15) is 32.3 Å². The molecule has 1 fully saturated rings. The van der Waals surface area contributed by atoms with Crippen LogP contribution < -0.4 is 5.73 Å². The molecule has 0 bridgehead atoms. The van der Waals surface area contributed by atoms with Gasteiger partial charge in [0.1, 0.15) is 0 Å². The molecule has 1 aromatic rings. The van der Waals surface area contributed by atoms with E-state index in [-0.39, 0.29) is 10.9 Å². The summed E-state index contributed by atoms with van der Waals surface area (Å²) in [6.45, 7) is 4.99. The summed E-state index contributed by atoms with van der Waals surface area (Å²) < 4.78 is 27.0. The average Bonchev–Trinajstić information content (AvgIpc) is 2.38. The molecule has 0 radical (unpaired) electrons. The van der Waals surface area contributed by atoms with Gasteiger partial charge in [0.15, 0.2) is 0 Å². The van der Waals surface area contributed by atoms with E-state index in [1.165, 1.54) is 6.07 Å². The van der Waals surface area contributed by atoms with Crippen molar-refractivity contribution in [3.63, 3.8) is 0 Å². The van der Waals surface area contributed by atoms with Gasteiger partial charge in [-0.2, -0.15) is 4.31 Å². The van der Waals surface area contributed by atoms with Crippen LogP contribution in [-0.4, -0.2) is 25.3 Å². The maximum Gasteiger partial charge on any atom is 0.243 e. The van der Waals surface area contributed by atoms with Gasteiger partial charge in [0, 0.05) is 24.2 Å². The highest BCUT2D eigenvalue weighted by molar-refractivity contribution is 7.89. The highest BCUT2D eigenvalue weighted by Crippen LogP contribution is 2.29. The van der Waals surface area contributed by atoms with Crippen LogP contribution >= 0.6 is 11.6 Å². The third kappa shape index (κ3) is 3.01. The van der Waals surface area contributed by atoms with E-state index in [1.54, 1.807) is 16.4 Å². The number of hydrogen-bond acceptors (Lipinski definition) is 3. The minimum Gasteiger partial charge on any atom is -0.326 e. The number of hydrogen-bond donors (Lipinski definition) is 1. The first-order chi connectivity index (χ1) is 9.36. The minimum absolute atomic E-state index is 0.0247. The molecule has 1 aromatic carbocycles. The largest absolute Gasteiger partial charge is 0.326 e. The van der Waals surface area contributed by atoms with E-state index in [0.29, 0.717) is 24.0 Å². The Morgan fingerprint density at radius 3 is 2.65 bits per heavy atom. The first-order valence-electron chi connectivity index (χ1n) is 6.86. The van der Waals surface area contributed by atoms with Crippen molar-refractivity contribution >= 4 is 21.6 Å². The Hall–Kier alpha value is -0.620. The Balaban J connectivity index is 2.33. The summed E-state index contributed by atoms with van der Waals surface area (Å²) in [6.07, 6.45) is 1.80. The predicted octanol–water partition coefficient (Wildman–Crippen LogP) is 2.61. The topological polar surface area (TPSA) is 63.4 Å². The Morgan fingerprint density at radius 2 is 2.10 bits per heavy atom. The molecule has 2 atom stereocenters. The van der Waals surface area contributed by atoms with Crippen molar-refractivity contribution < 1.29 is 8.42 Å². The average molecular weight is 317 g/mol. The van der Waals surface area contributed by atoms with Gasteiger partial charge in [-0.3, -0.25) is 0 Å². The van der Waals surface area contributed by atoms with Crippen molar-refractivity contribution in [1.82, 2.24) is 4.31 Å². The highest BCUT2D eigenvalue weighted by Gasteiger charge is 2.33. The fourth-order valence-corrected chi connectivity index (χ4v) is 4.74. The molecular formula is C14H21ClN2O2S. The van der Waals surface area contributed by atoms with E-state index < -0.39 is 10.0 Å². The molecule has 1 heterocycles. The molecule has 20 heavy (non-hydrogen) atoms. The number of halogens is 1. The maximum absolute atomic E-state index is 12.7. The lowest BCUT2D eigenvalue weighted by Gasteiger charge is -2.35. The lowest BCUT2D eigenvalue weighted by atomic mass is 9.95. The molecule has 112 valence electrons. The van der Waals surface area contributed by atoms with Crippen LogP contribution in [0.25, 0.3) is 0 Å². The normalized spacial score (nSPS) is 24.8. The molecule has 0 aliphatic carbocycles. The third-order valence-corrected chi connectivity index (χ3v) is 6.29. The second kappa shape index (κ2) is 6.02. The summed E-state index contributed by atoms with van der Waals surface area (Å²) in [5.74, 6) is 0.569. The molecule has 0 amide bonds. The van der Waals surface area contributed by atoms with Crippen LogP contribution in [-0.2, 0) is 16.6 Å². The van der Waals surface area contributed by atoms with E-state index in [0.717, 1.165) is 18.4 Å². The van der Waals surface area contributed by atoms with Crippen LogP contribution in [0.15, 0.2) is 23.1 Å². The van der Waals surface area contributed by atoms with Crippen molar-refractivity contribution in [3.8, 4) is 0 Å². The van der Waals surface area contributed by atoms with Gasteiger partial charge in [0.05, 0.1) is 4.90 Å². The molecule has 2 N–H and O–H groups in total. The molecule has 2 rings (SSSR count). The fourth-order valence-electron chi connectivity index (χ4n) is 2.73. The molecule has 2 unspecified atom stereocenters. The van der Waals surface area contributed by atoms with Gasteiger partial charge < -0.3 is 5.73 Å². The first-order valence-corrected chi connectivity index (χ1v) is 8.68. The summed E-state index contributed by atoms with van der Waals surface area (Å²) in [5, 5.41) is 0.409. The van der Waals surface area contributed by atoms with Crippen molar-refractivity contribution in [2.75, 3.05) is 6.54 Å². The van der Waals surface area contributed by atoms with Crippen LogP contribution in [0, 0.1) is 5.92 Å². The van der Waals surface area contributed by atoms with Gasteiger partial charge >= 0.3 is 0 Å². The summed E-state index contributed by atoms with van der Waals surface area (Å²) in [5.41, 5.74) is 6.30. The Bertz CT molecular complexity index is 589. The van der Waals surface area contributed by atoms with Gasteiger partial charge in [0.25, 0.3) is 0 Å². The van der Waals surface area contributed by atoms with Gasteiger partial charge in [-0.05, 0) is 43.4 Å². The van der Waals surface area contributed by atoms with Gasteiger partial charge in [-0.25, -0.2) is 8.42 Å². The standard InChI is InChI=1S/C14H21ClN2O2S/c1-10-5-6-17(11(2)7-10)20(18,19)13-4-3-12(9-16)14(15)8-13/h3-4,8,10-11H,5-7,9,16H2,1-2H3. The van der Waals surface area contributed by atoms with E-state index >= 15 is 0 Å². The van der Waals surface area contributed by atoms with E-state index in [1.807, 2.05) is 6.92 Å². The van der Waals surface area contributed by atoms with Crippen LogP contribution in [0.3, 0.4) is 0 Å². The molecule has 0 saturated carbocycles. The molecule has 1 saturated heterocycles. The van der Waals surface area contributed by atoms with Crippen molar-refractivity contribution in [2.45, 2.75) is 44.2 Å². The zero-order valence-electron chi connectivity index (χ0n) is 11.8. The number of nitrogens with two attached hydrogens (primary N) is 1. The number of rotatable bonds is 3. The molecule has 1 aliphatic heterocycles. The zero-order valence-corrected chi connectivity index (χ0v) is 13.4. The monoisotopic (exact) mass is 316 g/mol. The van der Waals surface area contributed by atoms with Crippen LogP contribution in [0.4, 0.5) is 0 Å². The van der Waals surface area contributed by atoms with Crippen LogP contribution in [0.5, 0.6) is 0 Å². The van der Waals surface area contributed by atoms with Crippen molar-refractivity contribution in [1.29, 1.82) is 0 Å². The number of nitrogens with zero attached hydrogens (tertiary/aromatic N) is 1. The van der Waals surface area contributed by atoms with Gasteiger partial charge in [0.2, 0.25) is 10.0 Å². The molecular weight excluding hydrogens is 296 g/mol. The Labute approximate surface area is 126 Å². The predicted molar refractivity (Wildman–Crippen MR) is 81.1 cm³/mol. The smallest absolute Gasteiger partial charge is 0.243 e. The van der Waals surface area contributed by atoms with Gasteiger partial charge in [-0.15, -0.1) is 0 Å². The van der Waals surface area contributed by atoms with Crippen molar-refractivity contribution in [2.24, 2.45) is 11.7 Å². The molecule has 0 spiro atoms. The third-order valence-electron chi connectivity index (χ3n) is 3.93. The van der Waals surface area contributed by atoms with Crippen LogP contribution in [0.2, 0.25) is 5.02 Å². The summed E-state index contributed by atoms with van der Waals surface area (Å²) in [6, 6.07) is 4.81. The Kier molecular flexibility index (Phi) is 4.74. The molecule has 0 aromatic heterocycles. The summed E-state index contributed by atoms with van der Waals surface area (Å²) in [4.78, 5) is 0.251. The van der Waals surface area contributed by atoms with E-state index in [9.17, 15) is 8.42 Å². The lowest BCUT2D eigenvalue weighted by Crippen LogP contribution is -2.44. The second-order valence-corrected chi connectivity index (χ2v) is 7.85. The molecule has 4 nitrogen and oxygen atoms in total. The fraction of sp³-hybridized carbons (Fsp3) is 0.571. The summed E-state index contributed by atoms with van der Waals surface area (Å²) in [7, 11) is -3.47. The highest BCUT2D eigenvalue weighted by atomic mass is 35.5. The van der Waals surface area contributed by atoms with Gasteiger partial charge in [-0.1, -0.05) is 24.6 Å². The number of benzene rings is 1. The minimum atomic E-state index is -3.47. The SMILES string of the molecule is CC1CCN(S(=O)(=O)c2ccc(CN)c(Cl)c2)C(C)C1. The number of piperidine rings is 1. The van der Waals surface area contributed by atoms with E-state index in [2.05, 4.69) is 6.92 Å². The molecule has 6 heteroatoms.